The van der Waals surface area contributed by atoms with Crippen LogP contribution in [0.3, 0.4) is 0 Å². The molecule has 1 aromatic carbocycles. The van der Waals surface area contributed by atoms with Crippen LogP contribution in [0.4, 0.5) is 0 Å². The molecule has 0 amide bonds. The third-order valence-electron chi connectivity index (χ3n) is 4.18. The minimum Gasteiger partial charge on any atom is -0.361 e. The Kier molecular flexibility index (Phi) is 4.29. The number of benzene rings is 1. The van der Waals surface area contributed by atoms with E-state index in [0.29, 0.717) is 0 Å². The number of aryl methyl sites for hydroxylation is 2. The van der Waals surface area contributed by atoms with E-state index in [0.717, 1.165) is 35.6 Å². The van der Waals surface area contributed by atoms with Crippen molar-refractivity contribution in [3.8, 4) is 0 Å². The highest BCUT2D eigenvalue weighted by Crippen LogP contribution is 2.26. The van der Waals surface area contributed by atoms with Crippen LogP contribution in [0.1, 0.15) is 17.5 Å². The van der Waals surface area contributed by atoms with Gasteiger partial charge in [0.25, 0.3) is 0 Å². The maximum atomic E-state index is 6.17. The number of fused-ring (bicyclic) bond motifs is 1. The highest BCUT2D eigenvalue weighted by atomic mass is 35.5. The first kappa shape index (κ1) is 13.9. The zero-order chi connectivity index (χ0) is 13.9. The summed E-state index contributed by atoms with van der Waals surface area (Å²) in [6.07, 6.45) is 4.48. The molecular weight excluding hydrogens is 270 g/mol. The molecule has 1 aliphatic heterocycles. The lowest BCUT2D eigenvalue weighted by Crippen LogP contribution is -2.43. The summed E-state index contributed by atoms with van der Waals surface area (Å²) >= 11 is 6.17. The molecule has 1 fully saturated rings. The van der Waals surface area contributed by atoms with Gasteiger partial charge in [-0.25, -0.2) is 0 Å². The van der Waals surface area contributed by atoms with Crippen LogP contribution in [0.5, 0.6) is 0 Å². The summed E-state index contributed by atoms with van der Waals surface area (Å²) in [6.45, 7) is 7.89. The summed E-state index contributed by atoms with van der Waals surface area (Å²) in [5, 5.41) is 5.56. The molecule has 3 nitrogen and oxygen atoms in total. The second kappa shape index (κ2) is 6.17. The van der Waals surface area contributed by atoms with E-state index in [1.54, 1.807) is 0 Å². The molecule has 2 heterocycles. The number of nitrogens with zero attached hydrogens (tertiary/aromatic N) is 1. The van der Waals surface area contributed by atoms with Crippen molar-refractivity contribution in [2.45, 2.75) is 19.8 Å². The lowest BCUT2D eigenvalue weighted by molar-refractivity contribution is 0.238. The SMILES string of the molecule is Cc1cc2c(CCCN3CCNCC3)c[nH]c2cc1Cl. The van der Waals surface area contributed by atoms with Crippen molar-refractivity contribution >= 4 is 22.5 Å². The Morgan fingerprint density at radius 2 is 2.05 bits per heavy atom. The van der Waals surface area contributed by atoms with E-state index < -0.39 is 0 Å². The van der Waals surface area contributed by atoms with Gasteiger partial charge in [-0.2, -0.15) is 0 Å². The summed E-state index contributed by atoms with van der Waals surface area (Å²) in [5.74, 6) is 0. The van der Waals surface area contributed by atoms with Gasteiger partial charge in [0.2, 0.25) is 0 Å². The molecule has 0 spiro atoms. The predicted octanol–water partition coefficient (Wildman–Crippen LogP) is 2.97. The quantitative estimate of drug-likeness (QED) is 0.907. The summed E-state index contributed by atoms with van der Waals surface area (Å²) in [4.78, 5) is 5.89. The Balaban J connectivity index is 1.64. The standard InChI is InChI=1S/C16H22ClN3/c1-12-9-14-13(11-19-16(14)10-15(12)17)3-2-6-20-7-4-18-5-8-20/h9-11,18-19H,2-8H2,1H3. The molecule has 3 rings (SSSR count). The summed E-state index contributed by atoms with van der Waals surface area (Å²) in [7, 11) is 0. The van der Waals surface area contributed by atoms with Gasteiger partial charge in [0.05, 0.1) is 0 Å². The van der Waals surface area contributed by atoms with Gasteiger partial charge < -0.3 is 15.2 Å². The zero-order valence-corrected chi connectivity index (χ0v) is 12.8. The first-order valence-corrected chi connectivity index (χ1v) is 7.81. The Bertz CT molecular complexity index is 585. The van der Waals surface area contributed by atoms with Gasteiger partial charge in [0, 0.05) is 48.3 Å². The average molecular weight is 292 g/mol. The monoisotopic (exact) mass is 291 g/mol. The second-order valence-electron chi connectivity index (χ2n) is 5.66. The molecule has 20 heavy (non-hydrogen) atoms. The fourth-order valence-corrected chi connectivity index (χ4v) is 3.11. The van der Waals surface area contributed by atoms with Gasteiger partial charge in [-0.15, -0.1) is 0 Å². The van der Waals surface area contributed by atoms with Crippen LogP contribution in [0, 0.1) is 6.92 Å². The molecule has 2 N–H and O–H groups in total. The Morgan fingerprint density at radius 1 is 1.25 bits per heavy atom. The maximum Gasteiger partial charge on any atom is 0.0471 e. The van der Waals surface area contributed by atoms with E-state index in [2.05, 4.69) is 34.4 Å². The van der Waals surface area contributed by atoms with Crippen LogP contribution in [0.15, 0.2) is 18.3 Å². The molecule has 0 bridgehead atoms. The molecule has 1 aliphatic rings. The van der Waals surface area contributed by atoms with Crippen LogP contribution in [0.25, 0.3) is 10.9 Å². The maximum absolute atomic E-state index is 6.17. The van der Waals surface area contributed by atoms with E-state index in [4.69, 9.17) is 11.6 Å². The van der Waals surface area contributed by atoms with E-state index >= 15 is 0 Å². The largest absolute Gasteiger partial charge is 0.361 e. The van der Waals surface area contributed by atoms with Gasteiger partial charge in [0.1, 0.15) is 0 Å². The lowest BCUT2D eigenvalue weighted by Gasteiger charge is -2.26. The minimum atomic E-state index is 0.840. The van der Waals surface area contributed by atoms with Crippen molar-refractivity contribution in [1.82, 2.24) is 15.2 Å². The number of halogens is 1. The normalized spacial score (nSPS) is 16.9. The molecule has 108 valence electrons. The Labute approximate surface area is 125 Å². The average Bonchev–Trinajstić information content (AvgIpc) is 2.83. The molecule has 1 saturated heterocycles. The fraction of sp³-hybridized carbons (Fsp3) is 0.500. The van der Waals surface area contributed by atoms with E-state index in [-0.39, 0.29) is 0 Å². The summed E-state index contributed by atoms with van der Waals surface area (Å²) < 4.78 is 0. The van der Waals surface area contributed by atoms with Gasteiger partial charge in [-0.3, -0.25) is 0 Å². The molecule has 1 aromatic heterocycles. The number of piperazine rings is 1. The molecule has 0 unspecified atom stereocenters. The molecule has 0 radical (unpaired) electrons. The predicted molar refractivity (Wildman–Crippen MR) is 85.7 cm³/mol. The number of aromatic nitrogens is 1. The van der Waals surface area contributed by atoms with Crippen molar-refractivity contribution < 1.29 is 0 Å². The molecule has 2 aromatic rings. The topological polar surface area (TPSA) is 31.1 Å². The van der Waals surface area contributed by atoms with E-state index in [9.17, 15) is 0 Å². The van der Waals surface area contributed by atoms with Crippen LogP contribution in [-0.4, -0.2) is 42.6 Å². The first-order chi connectivity index (χ1) is 9.74. The number of aromatic amines is 1. The van der Waals surface area contributed by atoms with Gasteiger partial charge in [-0.05, 0) is 49.6 Å². The van der Waals surface area contributed by atoms with Gasteiger partial charge in [-0.1, -0.05) is 11.6 Å². The third kappa shape index (κ3) is 3.00. The molecule has 0 saturated carbocycles. The molecule has 4 heteroatoms. The van der Waals surface area contributed by atoms with Crippen molar-refractivity contribution in [2.24, 2.45) is 0 Å². The molecular formula is C16H22ClN3. The van der Waals surface area contributed by atoms with Gasteiger partial charge in [0.15, 0.2) is 0 Å². The number of nitrogens with one attached hydrogen (secondary N) is 2. The third-order valence-corrected chi connectivity index (χ3v) is 4.58. The summed E-state index contributed by atoms with van der Waals surface area (Å²) in [5.41, 5.74) is 3.72. The smallest absolute Gasteiger partial charge is 0.0471 e. The second-order valence-corrected chi connectivity index (χ2v) is 6.06. The lowest BCUT2D eigenvalue weighted by atomic mass is 10.1. The van der Waals surface area contributed by atoms with Crippen LogP contribution >= 0.6 is 11.6 Å². The van der Waals surface area contributed by atoms with Crippen molar-refractivity contribution in [3.05, 3.63) is 34.5 Å². The fourth-order valence-electron chi connectivity index (χ4n) is 2.94. The number of H-pyrrole nitrogens is 1. The molecule has 0 aliphatic carbocycles. The van der Waals surface area contributed by atoms with Crippen molar-refractivity contribution in [1.29, 1.82) is 0 Å². The van der Waals surface area contributed by atoms with Crippen molar-refractivity contribution in [3.63, 3.8) is 0 Å². The molecule has 0 atom stereocenters. The van der Waals surface area contributed by atoms with Gasteiger partial charge >= 0.3 is 0 Å². The summed E-state index contributed by atoms with van der Waals surface area (Å²) in [6, 6.07) is 4.24. The Morgan fingerprint density at radius 3 is 2.85 bits per heavy atom. The minimum absolute atomic E-state index is 0.840. The number of hydrogen-bond donors (Lipinski definition) is 2. The van der Waals surface area contributed by atoms with E-state index in [1.165, 1.54) is 37.0 Å². The van der Waals surface area contributed by atoms with Crippen LogP contribution in [-0.2, 0) is 6.42 Å². The highest BCUT2D eigenvalue weighted by Gasteiger charge is 2.10. The zero-order valence-electron chi connectivity index (χ0n) is 12.0. The van der Waals surface area contributed by atoms with Crippen LogP contribution < -0.4 is 5.32 Å². The van der Waals surface area contributed by atoms with Crippen LogP contribution in [0.2, 0.25) is 5.02 Å². The highest BCUT2D eigenvalue weighted by molar-refractivity contribution is 6.32. The van der Waals surface area contributed by atoms with E-state index in [1.807, 2.05) is 6.07 Å². The number of hydrogen-bond acceptors (Lipinski definition) is 2. The van der Waals surface area contributed by atoms with Crippen molar-refractivity contribution in [2.75, 3.05) is 32.7 Å². The number of rotatable bonds is 4. The Hall–Kier alpha value is -1.03. The first-order valence-electron chi connectivity index (χ1n) is 7.43.